The number of hydrogen-bond acceptors (Lipinski definition) is 2. The van der Waals surface area contributed by atoms with Gasteiger partial charge in [0.15, 0.2) is 0 Å². The van der Waals surface area contributed by atoms with Crippen LogP contribution in [0.25, 0.3) is 0 Å². The molecule has 2 aliphatic rings. The molecule has 0 aromatic heterocycles. The molecule has 0 radical (unpaired) electrons. The lowest BCUT2D eigenvalue weighted by Gasteiger charge is -2.40. The van der Waals surface area contributed by atoms with Crippen molar-refractivity contribution in [3.05, 3.63) is 28.8 Å². The summed E-state index contributed by atoms with van der Waals surface area (Å²) in [5, 5.41) is 3.98. The molecule has 4 heteroatoms. The maximum atomic E-state index is 12.3. The molecule has 3 nitrogen and oxygen atoms in total. The molecule has 1 aromatic rings. The average molecular weight is 251 g/mol. The molecule has 2 aliphatic heterocycles. The quantitative estimate of drug-likeness (QED) is 0.764. The lowest BCUT2D eigenvalue weighted by molar-refractivity contribution is -0.123. The number of anilines is 1. The van der Waals surface area contributed by atoms with Crippen molar-refractivity contribution >= 4 is 23.2 Å². The molecule has 1 aromatic carbocycles. The molecule has 0 bridgehead atoms. The highest BCUT2D eigenvalue weighted by atomic mass is 35.5. The molecule has 0 aliphatic carbocycles. The molecule has 90 valence electrons. The first-order valence-electron chi connectivity index (χ1n) is 5.97. The van der Waals surface area contributed by atoms with Crippen LogP contribution in [-0.2, 0) is 4.79 Å². The minimum absolute atomic E-state index is 0.0692. The summed E-state index contributed by atoms with van der Waals surface area (Å²) in [6.07, 6.45) is 1.01. The second-order valence-corrected chi connectivity index (χ2v) is 5.19. The third kappa shape index (κ3) is 1.57. The molecule has 1 fully saturated rings. The summed E-state index contributed by atoms with van der Waals surface area (Å²) in [5.74, 6) is 0.580. The summed E-state index contributed by atoms with van der Waals surface area (Å²) < 4.78 is 0. The molecule has 0 saturated carbocycles. The zero-order chi connectivity index (χ0) is 12.0. The molecule has 2 atom stereocenters. The van der Waals surface area contributed by atoms with Crippen molar-refractivity contribution in [1.82, 2.24) is 5.32 Å². The highest BCUT2D eigenvalue weighted by Crippen LogP contribution is 2.44. The number of halogens is 1. The Morgan fingerprint density at radius 3 is 3.06 bits per heavy atom. The first-order chi connectivity index (χ1) is 8.20. The molecular weight excluding hydrogens is 236 g/mol. The molecular formula is C13H15ClN2O. The van der Waals surface area contributed by atoms with Crippen LogP contribution < -0.4 is 10.2 Å². The third-order valence-corrected chi connectivity index (χ3v) is 4.19. The van der Waals surface area contributed by atoms with Gasteiger partial charge in [0.1, 0.15) is 0 Å². The number of fused-ring (bicyclic) bond motifs is 3. The fourth-order valence-corrected chi connectivity index (χ4v) is 3.34. The summed E-state index contributed by atoms with van der Waals surface area (Å²) >= 11 is 6.22. The lowest BCUT2D eigenvalue weighted by atomic mass is 9.77. The third-order valence-electron chi connectivity index (χ3n) is 3.88. The number of benzene rings is 1. The van der Waals surface area contributed by atoms with Gasteiger partial charge in [0.2, 0.25) is 5.91 Å². The summed E-state index contributed by atoms with van der Waals surface area (Å²) in [5.41, 5.74) is 2.13. The number of amides is 1. The van der Waals surface area contributed by atoms with Gasteiger partial charge in [-0.2, -0.15) is 0 Å². The second kappa shape index (κ2) is 4.00. The summed E-state index contributed by atoms with van der Waals surface area (Å²) in [4.78, 5) is 14.0. The van der Waals surface area contributed by atoms with Gasteiger partial charge < -0.3 is 10.2 Å². The smallest absolute Gasteiger partial charge is 0.231 e. The maximum absolute atomic E-state index is 12.3. The van der Waals surface area contributed by atoms with Crippen LogP contribution in [0, 0.1) is 5.92 Å². The standard InChI is InChI=1S/C13H15ClN2O/c1-16-12-9(3-2-4-11(12)14)8-5-6-15-7-10(8)13(16)17/h2-4,8,10,15H,5-7H2,1H3. The van der Waals surface area contributed by atoms with Crippen molar-refractivity contribution in [1.29, 1.82) is 0 Å². The molecule has 3 rings (SSSR count). The van der Waals surface area contributed by atoms with E-state index in [2.05, 4.69) is 11.4 Å². The van der Waals surface area contributed by atoms with Crippen molar-refractivity contribution in [2.45, 2.75) is 12.3 Å². The van der Waals surface area contributed by atoms with E-state index >= 15 is 0 Å². The zero-order valence-electron chi connectivity index (χ0n) is 9.74. The van der Waals surface area contributed by atoms with Crippen LogP contribution in [0.15, 0.2) is 18.2 Å². The predicted molar refractivity (Wildman–Crippen MR) is 68.6 cm³/mol. The van der Waals surface area contributed by atoms with Crippen LogP contribution in [0.4, 0.5) is 5.69 Å². The Morgan fingerprint density at radius 1 is 1.41 bits per heavy atom. The van der Waals surface area contributed by atoms with Gasteiger partial charge in [-0.25, -0.2) is 0 Å². The van der Waals surface area contributed by atoms with E-state index < -0.39 is 0 Å². The largest absolute Gasteiger partial charge is 0.316 e. The highest BCUT2D eigenvalue weighted by molar-refractivity contribution is 6.34. The monoisotopic (exact) mass is 250 g/mol. The Balaban J connectivity index is 2.16. The van der Waals surface area contributed by atoms with Crippen molar-refractivity contribution in [2.24, 2.45) is 5.92 Å². The van der Waals surface area contributed by atoms with Crippen LogP contribution >= 0.6 is 11.6 Å². The fourth-order valence-electron chi connectivity index (χ4n) is 3.03. The summed E-state index contributed by atoms with van der Waals surface area (Å²) in [7, 11) is 1.82. The van der Waals surface area contributed by atoms with Crippen LogP contribution in [0.3, 0.4) is 0 Å². The zero-order valence-corrected chi connectivity index (χ0v) is 10.5. The van der Waals surface area contributed by atoms with Crippen LogP contribution in [0.1, 0.15) is 17.9 Å². The number of para-hydroxylation sites is 1. The number of nitrogens with zero attached hydrogens (tertiary/aromatic N) is 1. The number of piperidine rings is 1. The SMILES string of the molecule is CN1C(=O)C2CNCCC2c2cccc(Cl)c21. The van der Waals surface area contributed by atoms with Gasteiger partial charge in [0.05, 0.1) is 16.6 Å². The number of rotatable bonds is 0. The van der Waals surface area contributed by atoms with Gasteiger partial charge in [0.25, 0.3) is 0 Å². The Labute approximate surface area is 106 Å². The van der Waals surface area contributed by atoms with Gasteiger partial charge >= 0.3 is 0 Å². The van der Waals surface area contributed by atoms with E-state index in [1.807, 2.05) is 19.2 Å². The number of hydrogen-bond donors (Lipinski definition) is 1. The molecule has 17 heavy (non-hydrogen) atoms. The molecule has 2 unspecified atom stereocenters. The molecule has 1 saturated heterocycles. The lowest BCUT2D eigenvalue weighted by Crippen LogP contribution is -2.49. The van der Waals surface area contributed by atoms with E-state index in [4.69, 9.17) is 11.6 Å². The topological polar surface area (TPSA) is 32.3 Å². The van der Waals surface area contributed by atoms with Gasteiger partial charge in [-0.15, -0.1) is 0 Å². The first-order valence-corrected chi connectivity index (χ1v) is 6.34. The molecule has 1 amide bonds. The van der Waals surface area contributed by atoms with E-state index in [1.54, 1.807) is 4.90 Å². The summed E-state index contributed by atoms with van der Waals surface area (Å²) in [6.45, 7) is 1.75. The Morgan fingerprint density at radius 2 is 2.24 bits per heavy atom. The minimum Gasteiger partial charge on any atom is -0.316 e. The van der Waals surface area contributed by atoms with Crippen molar-refractivity contribution < 1.29 is 4.79 Å². The van der Waals surface area contributed by atoms with Gasteiger partial charge in [-0.05, 0) is 24.6 Å². The Kier molecular flexibility index (Phi) is 2.60. The Hall–Kier alpha value is -1.06. The molecule has 0 spiro atoms. The van der Waals surface area contributed by atoms with E-state index in [0.717, 1.165) is 25.2 Å². The van der Waals surface area contributed by atoms with Crippen molar-refractivity contribution in [3.8, 4) is 0 Å². The number of carbonyl (C=O) groups is 1. The molecule has 2 heterocycles. The van der Waals surface area contributed by atoms with E-state index in [-0.39, 0.29) is 11.8 Å². The van der Waals surface area contributed by atoms with Crippen LogP contribution in [0.5, 0.6) is 0 Å². The van der Waals surface area contributed by atoms with E-state index in [1.165, 1.54) is 5.56 Å². The van der Waals surface area contributed by atoms with E-state index in [0.29, 0.717) is 10.9 Å². The Bertz CT molecular complexity index is 474. The minimum atomic E-state index is 0.0692. The van der Waals surface area contributed by atoms with Gasteiger partial charge in [0, 0.05) is 19.5 Å². The van der Waals surface area contributed by atoms with Crippen LogP contribution in [0.2, 0.25) is 5.02 Å². The number of nitrogens with one attached hydrogen (secondary N) is 1. The van der Waals surface area contributed by atoms with Crippen LogP contribution in [-0.4, -0.2) is 26.0 Å². The molecule has 1 N–H and O–H groups in total. The predicted octanol–water partition coefficient (Wildman–Crippen LogP) is 2.01. The normalized spacial score (nSPS) is 27.6. The van der Waals surface area contributed by atoms with Crippen molar-refractivity contribution in [3.63, 3.8) is 0 Å². The van der Waals surface area contributed by atoms with Crippen molar-refractivity contribution in [2.75, 3.05) is 25.0 Å². The summed E-state index contributed by atoms with van der Waals surface area (Å²) in [6, 6.07) is 5.93. The average Bonchev–Trinajstić information content (AvgIpc) is 2.36. The van der Waals surface area contributed by atoms with E-state index in [9.17, 15) is 4.79 Å². The highest BCUT2D eigenvalue weighted by Gasteiger charge is 2.40. The fraction of sp³-hybridized carbons (Fsp3) is 0.462. The van der Waals surface area contributed by atoms with Gasteiger partial charge in [-0.3, -0.25) is 4.79 Å². The maximum Gasteiger partial charge on any atom is 0.231 e. The van der Waals surface area contributed by atoms with Gasteiger partial charge in [-0.1, -0.05) is 23.7 Å². The first kappa shape index (κ1) is 11.1. The number of carbonyl (C=O) groups excluding carboxylic acids is 1. The second-order valence-electron chi connectivity index (χ2n) is 4.78.